The number of hydrogen-bond acceptors (Lipinski definition) is 4. The van der Waals surface area contributed by atoms with Crippen molar-refractivity contribution < 1.29 is 9.53 Å². The van der Waals surface area contributed by atoms with Crippen LogP contribution in [0.25, 0.3) is 0 Å². The Hall–Kier alpha value is -1.75. The third-order valence-corrected chi connectivity index (χ3v) is 4.48. The predicted octanol–water partition coefficient (Wildman–Crippen LogP) is 2.97. The molecule has 0 radical (unpaired) electrons. The molecule has 128 valence electrons. The summed E-state index contributed by atoms with van der Waals surface area (Å²) in [6, 6.07) is 5.23. The molecule has 2 atom stereocenters. The number of ether oxygens (including phenoxy) is 1. The van der Waals surface area contributed by atoms with Gasteiger partial charge in [-0.2, -0.15) is 0 Å². The maximum absolute atomic E-state index is 12.8. The number of nitrogens with zero attached hydrogens (tertiary/aromatic N) is 1. The number of benzene rings is 1. The number of anilines is 2. The third kappa shape index (κ3) is 4.38. The van der Waals surface area contributed by atoms with Gasteiger partial charge in [0.15, 0.2) is 0 Å². The number of nitrogens with two attached hydrogens (primary N) is 1. The van der Waals surface area contributed by atoms with E-state index in [4.69, 9.17) is 10.5 Å². The van der Waals surface area contributed by atoms with Crippen LogP contribution in [-0.4, -0.2) is 37.0 Å². The van der Waals surface area contributed by atoms with E-state index in [1.54, 1.807) is 19.2 Å². The maximum atomic E-state index is 12.8. The highest BCUT2D eigenvalue weighted by atomic mass is 16.5. The highest BCUT2D eigenvalue weighted by Gasteiger charge is 2.31. The zero-order valence-corrected chi connectivity index (χ0v) is 14.6. The molecule has 0 bridgehead atoms. The van der Waals surface area contributed by atoms with Gasteiger partial charge in [0.2, 0.25) is 5.91 Å². The molecule has 0 spiro atoms. The molecule has 0 aliphatic carbocycles. The van der Waals surface area contributed by atoms with Crippen molar-refractivity contribution in [2.75, 3.05) is 31.2 Å². The van der Waals surface area contributed by atoms with Crippen molar-refractivity contribution >= 4 is 17.3 Å². The fourth-order valence-electron chi connectivity index (χ4n) is 3.40. The molecule has 5 heteroatoms. The van der Waals surface area contributed by atoms with Gasteiger partial charge in [-0.15, -0.1) is 0 Å². The molecular formula is C18H29N3O2. The number of hydrogen-bond donors (Lipinski definition) is 2. The SMILES string of the molecule is COc1ccc(NC(=O)C(C(C)C)N2CCCC(C)C2)cc1N. The number of amides is 1. The Bertz CT molecular complexity index is 545. The molecule has 23 heavy (non-hydrogen) atoms. The van der Waals surface area contributed by atoms with E-state index >= 15 is 0 Å². The largest absolute Gasteiger partial charge is 0.495 e. The van der Waals surface area contributed by atoms with Crippen LogP contribution in [0.5, 0.6) is 5.75 Å². The third-order valence-electron chi connectivity index (χ3n) is 4.48. The Kier molecular flexibility index (Phi) is 5.88. The second-order valence-corrected chi connectivity index (χ2v) is 6.88. The van der Waals surface area contributed by atoms with E-state index in [-0.39, 0.29) is 17.9 Å². The number of rotatable bonds is 5. The summed E-state index contributed by atoms with van der Waals surface area (Å²) < 4.78 is 5.15. The predicted molar refractivity (Wildman–Crippen MR) is 94.6 cm³/mol. The average molecular weight is 319 g/mol. The van der Waals surface area contributed by atoms with Crippen molar-refractivity contribution in [3.8, 4) is 5.75 Å². The van der Waals surface area contributed by atoms with Crippen LogP contribution < -0.4 is 15.8 Å². The Morgan fingerprint density at radius 1 is 1.43 bits per heavy atom. The first-order valence-corrected chi connectivity index (χ1v) is 8.40. The standard InChI is InChI=1S/C18H29N3O2/c1-12(2)17(21-9-5-6-13(3)11-21)18(22)20-14-7-8-16(23-4)15(19)10-14/h7-8,10,12-13,17H,5-6,9,11,19H2,1-4H3,(H,20,22). The Labute approximate surface area is 139 Å². The monoisotopic (exact) mass is 319 g/mol. The first-order chi connectivity index (χ1) is 10.9. The minimum Gasteiger partial charge on any atom is -0.495 e. The molecule has 1 aromatic carbocycles. The van der Waals surface area contributed by atoms with Crippen LogP contribution in [0.4, 0.5) is 11.4 Å². The summed E-state index contributed by atoms with van der Waals surface area (Å²) in [5.41, 5.74) is 7.16. The molecule has 1 amide bonds. The summed E-state index contributed by atoms with van der Waals surface area (Å²) in [5, 5.41) is 3.01. The molecular weight excluding hydrogens is 290 g/mol. The normalized spacial score (nSPS) is 20.3. The molecule has 2 rings (SSSR count). The lowest BCUT2D eigenvalue weighted by atomic mass is 9.94. The van der Waals surface area contributed by atoms with Crippen molar-refractivity contribution in [1.82, 2.24) is 4.90 Å². The summed E-state index contributed by atoms with van der Waals surface area (Å²) in [5.74, 6) is 1.57. The molecule has 1 saturated heterocycles. The number of piperidine rings is 1. The van der Waals surface area contributed by atoms with E-state index in [2.05, 4.69) is 31.0 Å². The molecule has 2 unspecified atom stereocenters. The van der Waals surface area contributed by atoms with E-state index in [0.29, 0.717) is 23.0 Å². The van der Waals surface area contributed by atoms with E-state index in [0.717, 1.165) is 19.5 Å². The summed E-state index contributed by atoms with van der Waals surface area (Å²) in [6.45, 7) is 8.44. The summed E-state index contributed by atoms with van der Waals surface area (Å²) in [7, 11) is 1.58. The quantitative estimate of drug-likeness (QED) is 0.819. The number of nitrogen functional groups attached to an aromatic ring is 1. The van der Waals surface area contributed by atoms with Gasteiger partial charge < -0.3 is 15.8 Å². The van der Waals surface area contributed by atoms with Crippen molar-refractivity contribution in [1.29, 1.82) is 0 Å². The van der Waals surface area contributed by atoms with Crippen LogP contribution in [0.2, 0.25) is 0 Å². The number of likely N-dealkylation sites (tertiary alicyclic amines) is 1. The minimum absolute atomic E-state index is 0.0404. The Balaban J connectivity index is 2.10. The van der Waals surface area contributed by atoms with E-state index < -0.39 is 0 Å². The maximum Gasteiger partial charge on any atom is 0.241 e. The molecule has 1 fully saturated rings. The Morgan fingerprint density at radius 2 is 2.17 bits per heavy atom. The Morgan fingerprint density at radius 3 is 2.74 bits per heavy atom. The first-order valence-electron chi connectivity index (χ1n) is 8.40. The smallest absolute Gasteiger partial charge is 0.241 e. The van der Waals surface area contributed by atoms with Crippen molar-refractivity contribution in [3.05, 3.63) is 18.2 Å². The number of nitrogens with one attached hydrogen (secondary N) is 1. The van der Waals surface area contributed by atoms with E-state index in [1.807, 2.05) is 6.07 Å². The number of carbonyl (C=O) groups is 1. The van der Waals surface area contributed by atoms with Gasteiger partial charge in [0.1, 0.15) is 5.75 Å². The highest BCUT2D eigenvalue weighted by Crippen LogP contribution is 2.26. The summed E-state index contributed by atoms with van der Waals surface area (Å²) in [6.07, 6.45) is 2.41. The topological polar surface area (TPSA) is 67.6 Å². The first kappa shape index (κ1) is 17.6. The zero-order chi connectivity index (χ0) is 17.0. The molecule has 1 aliphatic rings. The van der Waals surface area contributed by atoms with Crippen LogP contribution in [-0.2, 0) is 4.79 Å². The highest BCUT2D eigenvalue weighted by molar-refractivity contribution is 5.95. The molecule has 0 aromatic heterocycles. The average Bonchev–Trinajstić information content (AvgIpc) is 2.47. The molecule has 0 saturated carbocycles. The van der Waals surface area contributed by atoms with Gasteiger partial charge in [0.25, 0.3) is 0 Å². The summed E-state index contributed by atoms with van der Waals surface area (Å²) >= 11 is 0. The zero-order valence-electron chi connectivity index (χ0n) is 14.6. The number of carbonyl (C=O) groups excluding carboxylic acids is 1. The lowest BCUT2D eigenvalue weighted by Crippen LogP contribution is -2.50. The number of methoxy groups -OCH3 is 1. The van der Waals surface area contributed by atoms with Crippen LogP contribution in [0.3, 0.4) is 0 Å². The fourth-order valence-corrected chi connectivity index (χ4v) is 3.40. The van der Waals surface area contributed by atoms with Gasteiger partial charge in [-0.25, -0.2) is 0 Å². The van der Waals surface area contributed by atoms with Crippen LogP contribution in [0.1, 0.15) is 33.6 Å². The van der Waals surface area contributed by atoms with Crippen LogP contribution >= 0.6 is 0 Å². The molecule has 1 aromatic rings. The van der Waals surface area contributed by atoms with Crippen molar-refractivity contribution in [3.63, 3.8) is 0 Å². The molecule has 1 heterocycles. The van der Waals surface area contributed by atoms with Gasteiger partial charge in [-0.05, 0) is 49.4 Å². The van der Waals surface area contributed by atoms with E-state index in [1.165, 1.54) is 6.42 Å². The van der Waals surface area contributed by atoms with Gasteiger partial charge in [0, 0.05) is 12.2 Å². The second kappa shape index (κ2) is 7.68. The van der Waals surface area contributed by atoms with E-state index in [9.17, 15) is 4.79 Å². The summed E-state index contributed by atoms with van der Waals surface area (Å²) in [4.78, 5) is 15.1. The van der Waals surface area contributed by atoms with Crippen molar-refractivity contribution in [2.24, 2.45) is 11.8 Å². The molecule has 5 nitrogen and oxygen atoms in total. The van der Waals surface area contributed by atoms with Crippen LogP contribution in [0, 0.1) is 11.8 Å². The minimum atomic E-state index is -0.110. The van der Waals surface area contributed by atoms with Gasteiger partial charge >= 0.3 is 0 Å². The van der Waals surface area contributed by atoms with Gasteiger partial charge in [-0.1, -0.05) is 20.8 Å². The fraction of sp³-hybridized carbons (Fsp3) is 0.611. The molecule has 3 N–H and O–H groups in total. The van der Waals surface area contributed by atoms with Crippen LogP contribution in [0.15, 0.2) is 18.2 Å². The van der Waals surface area contributed by atoms with Crippen molar-refractivity contribution in [2.45, 2.75) is 39.7 Å². The lowest BCUT2D eigenvalue weighted by Gasteiger charge is -2.38. The molecule has 1 aliphatic heterocycles. The second-order valence-electron chi connectivity index (χ2n) is 6.88. The lowest BCUT2D eigenvalue weighted by molar-refractivity contribution is -0.123. The van der Waals surface area contributed by atoms with Gasteiger partial charge in [-0.3, -0.25) is 9.69 Å². The van der Waals surface area contributed by atoms with Gasteiger partial charge in [0.05, 0.1) is 18.8 Å².